The molecule has 0 aromatic carbocycles. The summed E-state index contributed by atoms with van der Waals surface area (Å²) in [6.07, 6.45) is 4.08. The fourth-order valence-corrected chi connectivity index (χ4v) is 2.30. The van der Waals surface area contributed by atoms with Gasteiger partial charge in [-0.15, -0.1) is 0 Å². The Kier molecular flexibility index (Phi) is 2.73. The quantitative estimate of drug-likeness (QED) is 0.776. The molecular weight excluding hydrogens is 243 g/mol. The number of hydrogen-bond donors (Lipinski definition) is 0. The lowest BCUT2D eigenvalue weighted by Gasteiger charge is -2.32. The first-order valence-electron chi connectivity index (χ1n) is 6.83. The maximum Gasteiger partial charge on any atom is 0.518 e. The molecule has 0 N–H and O–H groups in total. The molecule has 1 aromatic rings. The third-order valence-corrected chi connectivity index (χ3v) is 4.39. The molecule has 19 heavy (non-hydrogen) atoms. The number of aromatic nitrogens is 2. The SMILES string of the molecule is COc1cnn(C2CC2)c1B1OC(C)(C)C(C)(C)O1. The lowest BCUT2D eigenvalue weighted by molar-refractivity contribution is 0.00578. The summed E-state index contributed by atoms with van der Waals surface area (Å²) in [7, 11) is 1.24. The second-order valence-electron chi connectivity index (χ2n) is 6.36. The number of rotatable bonds is 3. The first-order valence-corrected chi connectivity index (χ1v) is 6.83. The van der Waals surface area contributed by atoms with Crippen molar-refractivity contribution in [2.24, 2.45) is 0 Å². The van der Waals surface area contributed by atoms with E-state index in [0.717, 1.165) is 24.2 Å². The normalized spacial score (nSPS) is 24.8. The molecule has 1 saturated carbocycles. The van der Waals surface area contributed by atoms with Gasteiger partial charge in [-0.05, 0) is 40.5 Å². The highest BCUT2D eigenvalue weighted by molar-refractivity contribution is 6.62. The molecule has 5 nitrogen and oxygen atoms in total. The Balaban J connectivity index is 1.97. The number of hydrogen-bond acceptors (Lipinski definition) is 4. The van der Waals surface area contributed by atoms with E-state index in [-0.39, 0.29) is 11.2 Å². The summed E-state index contributed by atoms with van der Waals surface area (Å²) in [5, 5.41) is 4.42. The Morgan fingerprint density at radius 2 is 1.84 bits per heavy atom. The van der Waals surface area contributed by atoms with Gasteiger partial charge in [-0.25, -0.2) is 0 Å². The van der Waals surface area contributed by atoms with E-state index in [0.29, 0.717) is 6.04 Å². The van der Waals surface area contributed by atoms with E-state index in [1.807, 2.05) is 4.68 Å². The Labute approximate surface area is 114 Å². The van der Waals surface area contributed by atoms with E-state index in [1.54, 1.807) is 13.3 Å². The van der Waals surface area contributed by atoms with Crippen molar-refractivity contribution in [1.82, 2.24) is 9.78 Å². The van der Waals surface area contributed by atoms with Crippen LogP contribution in [0.1, 0.15) is 46.6 Å². The van der Waals surface area contributed by atoms with E-state index in [9.17, 15) is 0 Å². The first kappa shape index (κ1) is 13.0. The van der Waals surface area contributed by atoms with Gasteiger partial charge < -0.3 is 14.0 Å². The van der Waals surface area contributed by atoms with Crippen LogP contribution < -0.4 is 10.3 Å². The molecule has 2 aliphatic rings. The third kappa shape index (κ3) is 1.97. The van der Waals surface area contributed by atoms with Crippen LogP contribution in [0.5, 0.6) is 5.75 Å². The molecule has 0 atom stereocenters. The molecular formula is C13H21BN2O3. The van der Waals surface area contributed by atoms with Crippen LogP contribution in [0, 0.1) is 0 Å². The first-order chi connectivity index (χ1) is 8.86. The van der Waals surface area contributed by atoms with Gasteiger partial charge >= 0.3 is 7.12 Å². The van der Waals surface area contributed by atoms with Gasteiger partial charge in [-0.2, -0.15) is 5.10 Å². The van der Waals surface area contributed by atoms with Crippen LogP contribution in [-0.4, -0.2) is 35.2 Å². The van der Waals surface area contributed by atoms with Crippen molar-refractivity contribution in [3.8, 4) is 5.75 Å². The van der Waals surface area contributed by atoms with Gasteiger partial charge in [0.1, 0.15) is 5.59 Å². The molecule has 1 aliphatic carbocycles. The van der Waals surface area contributed by atoms with E-state index in [1.165, 1.54) is 0 Å². The molecule has 0 bridgehead atoms. The molecule has 104 valence electrons. The van der Waals surface area contributed by atoms with Crippen molar-refractivity contribution >= 4 is 12.7 Å². The monoisotopic (exact) mass is 264 g/mol. The van der Waals surface area contributed by atoms with Crippen molar-refractivity contribution in [2.75, 3.05) is 7.11 Å². The van der Waals surface area contributed by atoms with Crippen LogP contribution in [0.25, 0.3) is 0 Å². The fourth-order valence-electron chi connectivity index (χ4n) is 2.30. The fraction of sp³-hybridized carbons (Fsp3) is 0.769. The minimum Gasteiger partial charge on any atom is -0.494 e. The van der Waals surface area contributed by atoms with Gasteiger partial charge in [-0.1, -0.05) is 0 Å². The summed E-state index contributed by atoms with van der Waals surface area (Å²) >= 11 is 0. The Morgan fingerprint density at radius 3 is 2.32 bits per heavy atom. The molecule has 0 amide bonds. The zero-order chi connectivity index (χ0) is 13.8. The molecule has 2 fully saturated rings. The van der Waals surface area contributed by atoms with Crippen LogP contribution in [0.4, 0.5) is 0 Å². The van der Waals surface area contributed by atoms with Gasteiger partial charge in [0.05, 0.1) is 30.6 Å². The average Bonchev–Trinajstić information content (AvgIpc) is 3.01. The Morgan fingerprint density at radius 1 is 1.26 bits per heavy atom. The minimum atomic E-state index is -0.414. The van der Waals surface area contributed by atoms with Crippen molar-refractivity contribution < 1.29 is 14.0 Å². The second kappa shape index (κ2) is 3.99. The van der Waals surface area contributed by atoms with E-state index in [2.05, 4.69) is 32.8 Å². The molecule has 0 unspecified atom stereocenters. The van der Waals surface area contributed by atoms with E-state index in [4.69, 9.17) is 14.0 Å². The maximum absolute atomic E-state index is 6.11. The predicted octanol–water partition coefficient (Wildman–Crippen LogP) is 1.53. The highest BCUT2D eigenvalue weighted by Gasteiger charge is 2.54. The summed E-state index contributed by atoms with van der Waals surface area (Å²) < 4.78 is 19.6. The zero-order valence-electron chi connectivity index (χ0n) is 12.3. The van der Waals surface area contributed by atoms with Crippen LogP contribution in [0.3, 0.4) is 0 Å². The molecule has 3 rings (SSSR count). The standard InChI is InChI=1S/C13H21BN2O3/c1-12(2)13(3,4)19-14(18-12)11-10(17-5)8-15-16(11)9-6-7-9/h8-9H,6-7H2,1-5H3. The van der Waals surface area contributed by atoms with Crippen LogP contribution >= 0.6 is 0 Å². The largest absolute Gasteiger partial charge is 0.518 e. The summed E-state index contributed by atoms with van der Waals surface area (Å²) in [4.78, 5) is 0. The average molecular weight is 264 g/mol. The molecule has 1 saturated heterocycles. The van der Waals surface area contributed by atoms with Crippen LogP contribution in [0.15, 0.2) is 6.20 Å². The van der Waals surface area contributed by atoms with Crippen molar-refractivity contribution in [1.29, 1.82) is 0 Å². The lowest BCUT2D eigenvalue weighted by Crippen LogP contribution is -2.41. The van der Waals surface area contributed by atoms with Crippen LogP contribution in [0.2, 0.25) is 0 Å². The molecule has 0 spiro atoms. The highest BCUT2D eigenvalue weighted by Crippen LogP contribution is 2.39. The zero-order valence-corrected chi connectivity index (χ0v) is 12.3. The number of ether oxygens (including phenoxy) is 1. The summed E-state index contributed by atoms with van der Waals surface area (Å²) in [6, 6.07) is 0.470. The van der Waals surface area contributed by atoms with E-state index < -0.39 is 7.12 Å². The molecule has 0 radical (unpaired) electrons. The minimum absolute atomic E-state index is 0.346. The van der Waals surface area contributed by atoms with Gasteiger partial charge in [0.2, 0.25) is 0 Å². The molecule has 1 aliphatic heterocycles. The maximum atomic E-state index is 6.11. The second-order valence-corrected chi connectivity index (χ2v) is 6.36. The third-order valence-electron chi connectivity index (χ3n) is 4.39. The summed E-state index contributed by atoms with van der Waals surface area (Å²) in [5.74, 6) is 0.741. The molecule has 2 heterocycles. The smallest absolute Gasteiger partial charge is 0.494 e. The van der Waals surface area contributed by atoms with Crippen molar-refractivity contribution in [3.05, 3.63) is 6.20 Å². The highest BCUT2D eigenvalue weighted by atomic mass is 16.7. The summed E-state index contributed by atoms with van der Waals surface area (Å²) in [6.45, 7) is 8.21. The van der Waals surface area contributed by atoms with Gasteiger partial charge in [0, 0.05) is 0 Å². The summed E-state index contributed by atoms with van der Waals surface area (Å²) in [5.41, 5.74) is 0.214. The lowest BCUT2D eigenvalue weighted by atomic mass is 9.84. The number of nitrogens with zero attached hydrogens (tertiary/aromatic N) is 2. The van der Waals surface area contributed by atoms with E-state index >= 15 is 0 Å². The van der Waals surface area contributed by atoms with Crippen molar-refractivity contribution in [2.45, 2.75) is 57.8 Å². The van der Waals surface area contributed by atoms with Gasteiger partial charge in [-0.3, -0.25) is 4.68 Å². The molecule has 6 heteroatoms. The van der Waals surface area contributed by atoms with Crippen molar-refractivity contribution in [3.63, 3.8) is 0 Å². The predicted molar refractivity (Wildman–Crippen MR) is 72.8 cm³/mol. The molecule has 1 aromatic heterocycles. The van der Waals surface area contributed by atoms with Gasteiger partial charge in [0.25, 0.3) is 0 Å². The Hall–Kier alpha value is -1.01. The Bertz CT molecular complexity index is 478. The number of methoxy groups -OCH3 is 1. The van der Waals surface area contributed by atoms with Gasteiger partial charge in [0.15, 0.2) is 5.75 Å². The van der Waals surface area contributed by atoms with Crippen LogP contribution in [-0.2, 0) is 9.31 Å². The topological polar surface area (TPSA) is 45.5 Å².